The summed E-state index contributed by atoms with van der Waals surface area (Å²) in [6.45, 7) is 0.0459. The molecule has 3 rings (SSSR count). The van der Waals surface area contributed by atoms with Crippen molar-refractivity contribution in [3.8, 4) is 10.6 Å². The van der Waals surface area contributed by atoms with Crippen molar-refractivity contribution in [2.45, 2.75) is 6.61 Å². The standard InChI is InChI=1S/C16H13FN2O3S/c17-11-3-5-12(6-4-11)18-16(20)10-21-9-13-8-14(22-19-13)15-2-1-7-23-15/h1-8H,9-10H2,(H,18,20). The number of halogens is 1. The summed E-state index contributed by atoms with van der Waals surface area (Å²) in [7, 11) is 0. The zero-order valence-corrected chi connectivity index (χ0v) is 12.8. The number of rotatable bonds is 6. The summed E-state index contributed by atoms with van der Waals surface area (Å²) >= 11 is 1.55. The van der Waals surface area contributed by atoms with Gasteiger partial charge < -0.3 is 14.6 Å². The molecule has 0 radical (unpaired) electrons. The zero-order valence-electron chi connectivity index (χ0n) is 12.0. The van der Waals surface area contributed by atoms with Gasteiger partial charge in [0.2, 0.25) is 5.91 Å². The molecule has 0 saturated carbocycles. The summed E-state index contributed by atoms with van der Waals surface area (Å²) < 4.78 is 23.3. The minimum atomic E-state index is -0.355. The molecular weight excluding hydrogens is 319 g/mol. The van der Waals surface area contributed by atoms with Crippen molar-refractivity contribution >= 4 is 22.9 Å². The molecule has 0 fully saturated rings. The molecule has 0 aliphatic carbocycles. The van der Waals surface area contributed by atoms with Crippen LogP contribution in [0.15, 0.2) is 52.4 Å². The van der Waals surface area contributed by atoms with E-state index in [-0.39, 0.29) is 24.9 Å². The van der Waals surface area contributed by atoms with Crippen LogP contribution in [0.5, 0.6) is 0 Å². The van der Waals surface area contributed by atoms with Crippen LogP contribution in [-0.4, -0.2) is 17.7 Å². The highest BCUT2D eigenvalue weighted by atomic mass is 32.1. The maximum Gasteiger partial charge on any atom is 0.250 e. The van der Waals surface area contributed by atoms with Crippen LogP contribution in [0.1, 0.15) is 5.69 Å². The van der Waals surface area contributed by atoms with Crippen molar-refractivity contribution in [1.29, 1.82) is 0 Å². The van der Waals surface area contributed by atoms with E-state index in [9.17, 15) is 9.18 Å². The van der Waals surface area contributed by atoms with Gasteiger partial charge in [-0.25, -0.2) is 4.39 Å². The van der Waals surface area contributed by atoms with E-state index in [1.165, 1.54) is 24.3 Å². The number of carbonyl (C=O) groups excluding carboxylic acids is 1. The van der Waals surface area contributed by atoms with Crippen LogP contribution in [0.4, 0.5) is 10.1 Å². The fraction of sp³-hybridized carbons (Fsp3) is 0.125. The molecule has 3 aromatic rings. The van der Waals surface area contributed by atoms with E-state index in [0.29, 0.717) is 17.1 Å². The maximum atomic E-state index is 12.8. The number of hydrogen-bond acceptors (Lipinski definition) is 5. The minimum absolute atomic E-state index is 0.126. The van der Waals surface area contributed by atoms with Crippen LogP contribution >= 0.6 is 11.3 Å². The normalized spacial score (nSPS) is 10.7. The van der Waals surface area contributed by atoms with Gasteiger partial charge in [-0.15, -0.1) is 11.3 Å². The average molecular weight is 332 g/mol. The molecule has 118 valence electrons. The van der Waals surface area contributed by atoms with Crippen LogP contribution in [0.3, 0.4) is 0 Å². The quantitative estimate of drug-likeness (QED) is 0.747. The van der Waals surface area contributed by atoms with Crippen molar-refractivity contribution in [2.24, 2.45) is 0 Å². The lowest BCUT2D eigenvalue weighted by atomic mass is 10.3. The molecule has 0 aliphatic rings. The van der Waals surface area contributed by atoms with E-state index >= 15 is 0 Å². The van der Waals surface area contributed by atoms with Crippen molar-refractivity contribution < 1.29 is 18.4 Å². The Morgan fingerprint density at radius 1 is 1.30 bits per heavy atom. The zero-order chi connectivity index (χ0) is 16.1. The number of benzene rings is 1. The Labute approximate surface area is 135 Å². The molecule has 0 bridgehead atoms. The Bertz CT molecular complexity index is 769. The Hall–Kier alpha value is -2.51. The van der Waals surface area contributed by atoms with Gasteiger partial charge in [0, 0.05) is 11.8 Å². The number of anilines is 1. The van der Waals surface area contributed by atoms with Gasteiger partial charge in [0.15, 0.2) is 5.76 Å². The fourth-order valence-electron chi connectivity index (χ4n) is 1.89. The van der Waals surface area contributed by atoms with E-state index in [4.69, 9.17) is 9.26 Å². The first kappa shape index (κ1) is 15.4. The van der Waals surface area contributed by atoms with Crippen molar-refractivity contribution in [1.82, 2.24) is 5.16 Å². The second-order valence-electron chi connectivity index (χ2n) is 4.71. The molecule has 1 aromatic carbocycles. The Morgan fingerprint density at radius 3 is 2.87 bits per heavy atom. The van der Waals surface area contributed by atoms with Gasteiger partial charge >= 0.3 is 0 Å². The topological polar surface area (TPSA) is 64.4 Å². The predicted octanol–water partition coefficient (Wildman–Crippen LogP) is 3.70. The van der Waals surface area contributed by atoms with Gasteiger partial charge in [-0.3, -0.25) is 4.79 Å². The summed E-state index contributed by atoms with van der Waals surface area (Å²) in [6, 6.07) is 11.2. The van der Waals surface area contributed by atoms with Gasteiger partial charge in [-0.2, -0.15) is 0 Å². The number of amides is 1. The highest BCUT2D eigenvalue weighted by molar-refractivity contribution is 7.13. The molecule has 0 spiro atoms. The average Bonchev–Trinajstić information content (AvgIpc) is 3.20. The summed E-state index contributed by atoms with van der Waals surface area (Å²) in [5, 5.41) is 8.46. The lowest BCUT2D eigenvalue weighted by Gasteiger charge is -2.05. The SMILES string of the molecule is O=C(COCc1cc(-c2cccs2)on1)Nc1ccc(F)cc1. The van der Waals surface area contributed by atoms with Crippen molar-refractivity contribution in [2.75, 3.05) is 11.9 Å². The number of hydrogen-bond donors (Lipinski definition) is 1. The molecule has 0 unspecified atom stereocenters. The third-order valence-electron chi connectivity index (χ3n) is 2.93. The van der Waals surface area contributed by atoms with E-state index < -0.39 is 0 Å². The lowest BCUT2D eigenvalue weighted by Crippen LogP contribution is -2.18. The highest BCUT2D eigenvalue weighted by Crippen LogP contribution is 2.25. The molecule has 0 atom stereocenters. The molecule has 0 aliphatic heterocycles. The van der Waals surface area contributed by atoms with Gasteiger partial charge in [-0.1, -0.05) is 11.2 Å². The predicted molar refractivity (Wildman–Crippen MR) is 84.5 cm³/mol. The van der Waals surface area contributed by atoms with Crippen LogP contribution in [-0.2, 0) is 16.1 Å². The van der Waals surface area contributed by atoms with Gasteiger partial charge in [0.25, 0.3) is 0 Å². The molecule has 1 N–H and O–H groups in total. The molecule has 2 aromatic heterocycles. The molecular formula is C16H13FN2O3S. The largest absolute Gasteiger partial charge is 0.365 e. The number of aromatic nitrogens is 1. The summed E-state index contributed by atoms with van der Waals surface area (Å²) in [6.07, 6.45) is 0. The molecule has 23 heavy (non-hydrogen) atoms. The molecule has 0 saturated heterocycles. The number of nitrogens with zero attached hydrogens (tertiary/aromatic N) is 1. The van der Waals surface area contributed by atoms with E-state index in [1.54, 1.807) is 17.4 Å². The summed E-state index contributed by atoms with van der Waals surface area (Å²) in [5.74, 6) is -0.000210. The number of thiophene rings is 1. The third kappa shape index (κ3) is 4.24. The molecule has 1 amide bonds. The van der Waals surface area contributed by atoms with Crippen LogP contribution in [0, 0.1) is 5.82 Å². The van der Waals surface area contributed by atoms with Crippen LogP contribution in [0.2, 0.25) is 0 Å². The summed E-state index contributed by atoms with van der Waals surface area (Å²) in [4.78, 5) is 12.7. The molecule has 5 nitrogen and oxygen atoms in total. The number of carbonyl (C=O) groups is 1. The number of nitrogens with one attached hydrogen (secondary N) is 1. The monoisotopic (exact) mass is 332 g/mol. The van der Waals surface area contributed by atoms with Crippen LogP contribution < -0.4 is 5.32 Å². The van der Waals surface area contributed by atoms with Gasteiger partial charge in [-0.05, 0) is 35.7 Å². The van der Waals surface area contributed by atoms with Crippen molar-refractivity contribution in [3.63, 3.8) is 0 Å². The lowest BCUT2D eigenvalue weighted by molar-refractivity contribution is -0.121. The molecule has 7 heteroatoms. The Kier molecular flexibility index (Phi) is 4.80. The first-order valence-corrected chi connectivity index (χ1v) is 7.71. The second-order valence-corrected chi connectivity index (χ2v) is 5.66. The van der Waals surface area contributed by atoms with Gasteiger partial charge in [0.05, 0.1) is 11.5 Å². The first-order chi connectivity index (χ1) is 11.2. The first-order valence-electron chi connectivity index (χ1n) is 6.83. The third-order valence-corrected chi connectivity index (χ3v) is 3.82. The second kappa shape index (κ2) is 7.17. The summed E-state index contributed by atoms with van der Waals surface area (Å²) in [5.41, 5.74) is 1.13. The Morgan fingerprint density at radius 2 is 2.13 bits per heavy atom. The minimum Gasteiger partial charge on any atom is -0.365 e. The highest BCUT2D eigenvalue weighted by Gasteiger charge is 2.09. The van der Waals surface area contributed by atoms with Crippen molar-refractivity contribution in [3.05, 3.63) is 59.4 Å². The molecule has 2 heterocycles. The fourth-order valence-corrected chi connectivity index (χ4v) is 2.57. The number of ether oxygens (including phenoxy) is 1. The van der Waals surface area contributed by atoms with E-state index in [1.807, 2.05) is 17.5 Å². The van der Waals surface area contributed by atoms with Gasteiger partial charge in [0.1, 0.15) is 18.1 Å². The smallest absolute Gasteiger partial charge is 0.250 e. The van der Waals surface area contributed by atoms with E-state index in [2.05, 4.69) is 10.5 Å². The van der Waals surface area contributed by atoms with E-state index in [0.717, 1.165) is 4.88 Å². The maximum absolute atomic E-state index is 12.8. The Balaban J connectivity index is 1.46. The van der Waals surface area contributed by atoms with Crippen LogP contribution in [0.25, 0.3) is 10.6 Å².